The van der Waals surface area contributed by atoms with Gasteiger partial charge in [0.25, 0.3) is 0 Å². The second kappa shape index (κ2) is 8.62. The van der Waals surface area contributed by atoms with Gasteiger partial charge in [0, 0.05) is 34.2 Å². The Hall–Kier alpha value is -3.62. The van der Waals surface area contributed by atoms with Crippen molar-refractivity contribution in [3.8, 4) is 0 Å². The third kappa shape index (κ3) is 3.55. The minimum atomic E-state index is 0.897. The first-order valence-corrected chi connectivity index (χ1v) is 12.4. The van der Waals surface area contributed by atoms with Gasteiger partial charge in [0.1, 0.15) is 0 Å². The Bertz CT molecular complexity index is 1550. The van der Waals surface area contributed by atoms with E-state index in [1.807, 2.05) is 0 Å². The summed E-state index contributed by atoms with van der Waals surface area (Å²) < 4.78 is 3.35. The van der Waals surface area contributed by atoms with Crippen molar-refractivity contribution in [2.45, 2.75) is 6.42 Å². The van der Waals surface area contributed by atoms with Crippen LogP contribution in [0.5, 0.6) is 0 Å². The van der Waals surface area contributed by atoms with Crippen LogP contribution in [0.15, 0.2) is 120 Å². The molecule has 34 heavy (non-hydrogen) atoms. The molecule has 0 bridgehead atoms. The van der Waals surface area contributed by atoms with Gasteiger partial charge < -0.3 is 4.57 Å². The second-order valence-electron chi connectivity index (χ2n) is 8.79. The number of benzene rings is 4. The van der Waals surface area contributed by atoms with Crippen molar-refractivity contribution in [2.24, 2.45) is 7.05 Å². The summed E-state index contributed by atoms with van der Waals surface area (Å²) in [7, 11) is 2.14. The van der Waals surface area contributed by atoms with Crippen LogP contribution < -0.4 is 0 Å². The lowest BCUT2D eigenvalue weighted by Crippen LogP contribution is -1.92. The molecule has 2 heteroatoms. The van der Waals surface area contributed by atoms with Gasteiger partial charge in [-0.3, -0.25) is 0 Å². The third-order valence-corrected chi connectivity index (χ3v) is 7.28. The van der Waals surface area contributed by atoms with Crippen molar-refractivity contribution < 1.29 is 0 Å². The molecule has 0 spiro atoms. The van der Waals surface area contributed by atoms with Crippen LogP contribution in [0.1, 0.15) is 28.7 Å². The molecule has 1 nitrogen and oxygen atoms in total. The highest BCUT2D eigenvalue weighted by Crippen LogP contribution is 2.52. The van der Waals surface area contributed by atoms with Crippen LogP contribution >= 0.6 is 15.9 Å². The zero-order chi connectivity index (χ0) is 23.1. The molecule has 0 atom stereocenters. The van der Waals surface area contributed by atoms with Crippen molar-refractivity contribution in [3.05, 3.63) is 142 Å². The molecule has 0 amide bonds. The molecule has 0 saturated carbocycles. The Kier molecular flexibility index (Phi) is 5.31. The lowest BCUT2D eigenvalue weighted by molar-refractivity contribution is 0.967. The number of rotatable bonds is 4. The van der Waals surface area contributed by atoms with Gasteiger partial charge >= 0.3 is 0 Å². The molecule has 1 aliphatic rings. The van der Waals surface area contributed by atoms with Gasteiger partial charge in [-0.2, -0.15) is 0 Å². The number of aryl methyl sites for hydroxylation is 1. The van der Waals surface area contributed by atoms with Crippen LogP contribution in [0, 0.1) is 0 Å². The van der Waals surface area contributed by atoms with Crippen molar-refractivity contribution in [1.82, 2.24) is 4.57 Å². The first kappa shape index (κ1) is 20.9. The number of fused-ring (bicyclic) bond motifs is 1. The first-order valence-electron chi connectivity index (χ1n) is 11.6. The summed E-state index contributed by atoms with van der Waals surface area (Å²) in [5.74, 6) is 0. The summed E-state index contributed by atoms with van der Waals surface area (Å²) in [5.41, 5.74) is 11.8. The fourth-order valence-electron chi connectivity index (χ4n) is 5.20. The van der Waals surface area contributed by atoms with E-state index in [2.05, 4.69) is 143 Å². The van der Waals surface area contributed by atoms with Gasteiger partial charge in [0.15, 0.2) is 0 Å². The average molecular weight is 502 g/mol. The molecule has 0 saturated heterocycles. The van der Waals surface area contributed by atoms with Crippen molar-refractivity contribution in [1.29, 1.82) is 0 Å². The third-order valence-electron chi connectivity index (χ3n) is 6.75. The van der Waals surface area contributed by atoms with Crippen molar-refractivity contribution in [3.63, 3.8) is 0 Å². The number of halogens is 1. The van der Waals surface area contributed by atoms with Crippen LogP contribution in [0.4, 0.5) is 0 Å². The number of hydrogen-bond acceptors (Lipinski definition) is 0. The zero-order valence-corrected chi connectivity index (χ0v) is 20.6. The molecular formula is C32H24BrN. The molecule has 0 fully saturated rings. The van der Waals surface area contributed by atoms with Gasteiger partial charge in [-0.15, -0.1) is 0 Å². The number of para-hydroxylation sites is 1. The highest BCUT2D eigenvalue weighted by molar-refractivity contribution is 9.10. The van der Waals surface area contributed by atoms with Crippen LogP contribution in [0.3, 0.4) is 0 Å². The Morgan fingerprint density at radius 1 is 0.588 bits per heavy atom. The van der Waals surface area contributed by atoms with Gasteiger partial charge in [-0.1, -0.05) is 107 Å². The lowest BCUT2D eigenvalue weighted by atomic mass is 9.89. The number of allylic oxidation sites excluding steroid dienone is 4. The molecule has 5 aromatic rings. The smallest absolute Gasteiger partial charge is 0.0484 e. The largest absolute Gasteiger partial charge is 0.350 e. The standard InChI is InChI=1S/C32H24BrN/c1-34-21-29(26-14-8-9-15-30(26)34)32-28(22-10-4-2-5-11-22)20-27(23-16-18-25(33)19-17-23)31(32)24-12-6-3-7-13-24/h2-19,21H,20H2,1H3. The molecule has 1 aliphatic carbocycles. The van der Waals surface area contributed by atoms with E-state index in [-0.39, 0.29) is 0 Å². The van der Waals surface area contributed by atoms with E-state index in [0.717, 1.165) is 10.9 Å². The molecule has 4 aromatic carbocycles. The summed E-state index contributed by atoms with van der Waals surface area (Å²) in [6.07, 6.45) is 3.20. The fourth-order valence-corrected chi connectivity index (χ4v) is 5.46. The predicted molar refractivity (Wildman–Crippen MR) is 148 cm³/mol. The SMILES string of the molecule is Cn1cc(C2=C(c3ccccc3)CC(c3ccc(Br)cc3)=C2c2ccccc2)c2ccccc21. The second-order valence-corrected chi connectivity index (χ2v) is 9.71. The van der Waals surface area contributed by atoms with E-state index in [4.69, 9.17) is 0 Å². The van der Waals surface area contributed by atoms with E-state index in [1.54, 1.807) is 0 Å². The molecular weight excluding hydrogens is 478 g/mol. The Labute approximate surface area is 208 Å². The molecule has 6 rings (SSSR count). The summed E-state index contributed by atoms with van der Waals surface area (Å²) in [4.78, 5) is 0. The maximum absolute atomic E-state index is 3.61. The van der Waals surface area contributed by atoms with Gasteiger partial charge in [-0.25, -0.2) is 0 Å². The van der Waals surface area contributed by atoms with E-state index < -0.39 is 0 Å². The van der Waals surface area contributed by atoms with Gasteiger partial charge in [0.2, 0.25) is 0 Å². The predicted octanol–water partition coefficient (Wildman–Crippen LogP) is 8.87. The average Bonchev–Trinajstić information content (AvgIpc) is 3.44. The topological polar surface area (TPSA) is 4.93 Å². The molecule has 1 aromatic heterocycles. The summed E-state index contributed by atoms with van der Waals surface area (Å²) >= 11 is 3.61. The minimum Gasteiger partial charge on any atom is -0.350 e. The van der Waals surface area contributed by atoms with E-state index in [9.17, 15) is 0 Å². The summed E-state index contributed by atoms with van der Waals surface area (Å²) in [6.45, 7) is 0. The van der Waals surface area contributed by atoms with Crippen LogP contribution in [-0.2, 0) is 7.05 Å². The summed E-state index contributed by atoms with van der Waals surface area (Å²) in [5, 5.41) is 1.29. The van der Waals surface area contributed by atoms with Crippen LogP contribution in [0.25, 0.3) is 33.2 Å². The molecule has 0 unspecified atom stereocenters. The lowest BCUT2D eigenvalue weighted by Gasteiger charge is -2.14. The van der Waals surface area contributed by atoms with E-state index in [1.165, 1.54) is 55.4 Å². The maximum atomic E-state index is 3.61. The van der Waals surface area contributed by atoms with Crippen molar-refractivity contribution in [2.75, 3.05) is 0 Å². The van der Waals surface area contributed by atoms with Crippen molar-refractivity contribution >= 4 is 49.1 Å². The monoisotopic (exact) mass is 501 g/mol. The number of aromatic nitrogens is 1. The van der Waals surface area contributed by atoms with Crippen LogP contribution in [-0.4, -0.2) is 4.57 Å². The number of hydrogen-bond donors (Lipinski definition) is 0. The van der Waals surface area contributed by atoms with E-state index in [0.29, 0.717) is 0 Å². The van der Waals surface area contributed by atoms with Crippen LogP contribution in [0.2, 0.25) is 0 Å². The Balaban J connectivity index is 1.70. The molecule has 0 N–H and O–H groups in total. The van der Waals surface area contributed by atoms with E-state index >= 15 is 0 Å². The quantitative estimate of drug-likeness (QED) is 0.231. The molecule has 1 heterocycles. The minimum absolute atomic E-state index is 0.897. The first-order chi connectivity index (χ1) is 16.7. The fraction of sp³-hybridized carbons (Fsp3) is 0.0625. The highest BCUT2D eigenvalue weighted by Gasteiger charge is 2.30. The summed E-state index contributed by atoms with van der Waals surface area (Å²) in [6, 6.07) is 39.2. The molecule has 164 valence electrons. The highest BCUT2D eigenvalue weighted by atomic mass is 79.9. The van der Waals surface area contributed by atoms with Gasteiger partial charge in [-0.05, 0) is 63.6 Å². The zero-order valence-electron chi connectivity index (χ0n) is 19.0. The number of nitrogens with zero attached hydrogens (tertiary/aromatic N) is 1. The van der Waals surface area contributed by atoms with Gasteiger partial charge in [0.05, 0.1) is 0 Å². The molecule has 0 aliphatic heterocycles. The molecule has 0 radical (unpaired) electrons. The normalized spacial score (nSPS) is 13.8. The Morgan fingerprint density at radius 2 is 1.15 bits per heavy atom. The maximum Gasteiger partial charge on any atom is 0.0484 e. The Morgan fingerprint density at radius 3 is 1.85 bits per heavy atom.